The summed E-state index contributed by atoms with van der Waals surface area (Å²) in [5, 5.41) is 2.10. The number of rotatable bonds is 5. The third-order valence-corrected chi connectivity index (χ3v) is 6.41. The number of nitrogens with zero attached hydrogens (tertiary/aromatic N) is 2. The largest absolute Gasteiger partial charge is 0.497 e. The first-order valence-electron chi connectivity index (χ1n) is 9.35. The Morgan fingerprint density at radius 3 is 2.59 bits per heavy atom. The van der Waals surface area contributed by atoms with Crippen LogP contribution in [0.4, 0.5) is 0 Å². The van der Waals surface area contributed by atoms with Crippen LogP contribution in [0.1, 0.15) is 41.8 Å². The van der Waals surface area contributed by atoms with Gasteiger partial charge in [0.2, 0.25) is 11.8 Å². The summed E-state index contributed by atoms with van der Waals surface area (Å²) in [5.41, 5.74) is 2.27. The van der Waals surface area contributed by atoms with Crippen molar-refractivity contribution < 1.29 is 14.3 Å². The second kappa shape index (κ2) is 7.35. The van der Waals surface area contributed by atoms with E-state index >= 15 is 0 Å². The predicted octanol–water partition coefficient (Wildman–Crippen LogP) is 3.24. The van der Waals surface area contributed by atoms with Crippen LogP contribution < -0.4 is 4.74 Å². The highest BCUT2D eigenvalue weighted by atomic mass is 32.1. The molecule has 142 valence electrons. The summed E-state index contributed by atoms with van der Waals surface area (Å²) in [5.74, 6) is 0.810. The number of hydrogen-bond acceptors (Lipinski definition) is 4. The van der Waals surface area contributed by atoms with Gasteiger partial charge in [0.15, 0.2) is 0 Å². The molecule has 0 unspecified atom stereocenters. The van der Waals surface area contributed by atoms with Crippen LogP contribution in [-0.4, -0.2) is 47.9 Å². The molecular formula is C21H24N2O3S. The molecule has 0 radical (unpaired) electrons. The maximum atomic E-state index is 13.2. The topological polar surface area (TPSA) is 49.9 Å². The van der Waals surface area contributed by atoms with Crippen molar-refractivity contribution in [2.75, 3.05) is 20.2 Å². The molecule has 27 heavy (non-hydrogen) atoms. The monoisotopic (exact) mass is 384 g/mol. The van der Waals surface area contributed by atoms with Gasteiger partial charge in [0.25, 0.3) is 0 Å². The van der Waals surface area contributed by atoms with Gasteiger partial charge in [-0.15, -0.1) is 11.3 Å². The fourth-order valence-electron chi connectivity index (χ4n) is 3.85. The Labute approximate surface area is 163 Å². The minimum atomic E-state index is -0.105. The smallest absolute Gasteiger partial charge is 0.243 e. The quantitative estimate of drug-likeness (QED) is 0.795. The van der Waals surface area contributed by atoms with Crippen LogP contribution in [0, 0.1) is 0 Å². The molecule has 2 amide bonds. The second-order valence-corrected chi connectivity index (χ2v) is 8.19. The van der Waals surface area contributed by atoms with Gasteiger partial charge in [0, 0.05) is 24.4 Å². The highest BCUT2D eigenvalue weighted by molar-refractivity contribution is 7.10. The summed E-state index contributed by atoms with van der Waals surface area (Å²) in [6.07, 6.45) is 2.88. The summed E-state index contributed by atoms with van der Waals surface area (Å²) >= 11 is 1.75. The number of amides is 2. The molecule has 1 aromatic carbocycles. The summed E-state index contributed by atoms with van der Waals surface area (Å²) in [4.78, 5) is 30.2. The molecule has 2 heterocycles. The number of fused-ring (bicyclic) bond motifs is 1. The zero-order valence-electron chi connectivity index (χ0n) is 15.7. The Bertz CT molecular complexity index is 841. The van der Waals surface area contributed by atoms with Crippen molar-refractivity contribution in [2.24, 2.45) is 0 Å². The Kier molecular flexibility index (Phi) is 4.91. The van der Waals surface area contributed by atoms with Gasteiger partial charge in [-0.1, -0.05) is 12.1 Å². The first kappa shape index (κ1) is 18.0. The molecule has 1 atom stereocenters. The van der Waals surface area contributed by atoms with Gasteiger partial charge >= 0.3 is 0 Å². The lowest BCUT2D eigenvalue weighted by Gasteiger charge is -2.37. The molecule has 2 aromatic rings. The van der Waals surface area contributed by atoms with Crippen LogP contribution in [0.2, 0.25) is 0 Å². The van der Waals surface area contributed by atoms with Crippen molar-refractivity contribution in [1.29, 1.82) is 0 Å². The average molecular weight is 385 g/mol. The number of thiophene rings is 1. The highest BCUT2D eigenvalue weighted by Crippen LogP contribution is 2.38. The molecule has 0 N–H and O–H groups in total. The number of benzene rings is 1. The summed E-state index contributed by atoms with van der Waals surface area (Å²) < 4.78 is 5.27. The molecule has 1 aliphatic carbocycles. The fourth-order valence-corrected chi connectivity index (χ4v) is 4.75. The molecule has 1 aromatic heterocycles. The van der Waals surface area contributed by atoms with E-state index in [0.29, 0.717) is 6.54 Å². The van der Waals surface area contributed by atoms with Crippen LogP contribution in [0.15, 0.2) is 35.7 Å². The van der Waals surface area contributed by atoms with Gasteiger partial charge in [-0.05, 0) is 54.0 Å². The number of ether oxygens (including phenoxy) is 1. The van der Waals surface area contributed by atoms with Gasteiger partial charge in [-0.25, -0.2) is 0 Å². The standard InChI is InChI=1S/C21H24N2O3S/c1-14(24)23(16-5-6-16)13-20(25)22-11-9-19-18(10-12-27-19)21(22)15-3-7-17(26-2)8-4-15/h3-4,7-8,10,12,16,21H,5-6,9,11,13H2,1-2H3/t21-/m1/s1. The molecule has 1 fully saturated rings. The fraction of sp³-hybridized carbons (Fsp3) is 0.429. The van der Waals surface area contributed by atoms with Crippen molar-refractivity contribution in [1.82, 2.24) is 9.80 Å². The van der Waals surface area contributed by atoms with Crippen LogP contribution >= 0.6 is 11.3 Å². The highest BCUT2D eigenvalue weighted by Gasteiger charge is 2.37. The van der Waals surface area contributed by atoms with Crippen molar-refractivity contribution in [3.63, 3.8) is 0 Å². The van der Waals surface area contributed by atoms with Crippen molar-refractivity contribution in [2.45, 2.75) is 38.3 Å². The second-order valence-electron chi connectivity index (χ2n) is 7.19. The minimum Gasteiger partial charge on any atom is -0.497 e. The first-order valence-corrected chi connectivity index (χ1v) is 10.2. The van der Waals surface area contributed by atoms with E-state index in [1.54, 1.807) is 30.3 Å². The van der Waals surface area contributed by atoms with E-state index in [4.69, 9.17) is 4.74 Å². The summed E-state index contributed by atoms with van der Waals surface area (Å²) in [6.45, 7) is 2.41. The SMILES string of the molecule is COc1ccc([C@@H]2c3ccsc3CCN2C(=O)CN(C(C)=O)C2CC2)cc1. The zero-order valence-corrected chi connectivity index (χ0v) is 16.5. The predicted molar refractivity (Wildman–Crippen MR) is 105 cm³/mol. The Balaban J connectivity index is 1.63. The van der Waals surface area contributed by atoms with E-state index in [0.717, 1.165) is 30.6 Å². The third-order valence-electron chi connectivity index (χ3n) is 5.42. The lowest BCUT2D eigenvalue weighted by atomic mass is 9.93. The van der Waals surface area contributed by atoms with E-state index in [-0.39, 0.29) is 30.4 Å². The lowest BCUT2D eigenvalue weighted by Crippen LogP contribution is -2.47. The first-order chi connectivity index (χ1) is 13.1. The van der Waals surface area contributed by atoms with Crippen molar-refractivity contribution in [3.8, 4) is 5.75 Å². The van der Waals surface area contributed by atoms with Crippen LogP contribution in [0.25, 0.3) is 0 Å². The van der Waals surface area contributed by atoms with Crippen molar-refractivity contribution in [3.05, 3.63) is 51.7 Å². The number of hydrogen-bond donors (Lipinski definition) is 0. The summed E-state index contributed by atoms with van der Waals surface area (Å²) in [7, 11) is 1.65. The van der Waals surface area contributed by atoms with E-state index in [1.807, 2.05) is 29.2 Å². The maximum Gasteiger partial charge on any atom is 0.243 e. The molecule has 1 aliphatic heterocycles. The van der Waals surface area contributed by atoms with Crippen LogP contribution in [-0.2, 0) is 16.0 Å². The van der Waals surface area contributed by atoms with Gasteiger partial charge in [0.05, 0.1) is 13.2 Å². The molecular weight excluding hydrogens is 360 g/mol. The zero-order chi connectivity index (χ0) is 19.0. The number of carbonyl (C=O) groups excluding carboxylic acids is 2. The van der Waals surface area contributed by atoms with Gasteiger partial charge in [-0.2, -0.15) is 0 Å². The van der Waals surface area contributed by atoms with E-state index in [1.165, 1.54) is 10.4 Å². The van der Waals surface area contributed by atoms with Crippen LogP contribution in [0.3, 0.4) is 0 Å². The minimum absolute atomic E-state index is 0.0138. The van der Waals surface area contributed by atoms with Gasteiger partial charge < -0.3 is 14.5 Å². The van der Waals surface area contributed by atoms with Gasteiger partial charge in [-0.3, -0.25) is 9.59 Å². The third kappa shape index (κ3) is 3.58. The molecule has 0 saturated heterocycles. The molecule has 1 saturated carbocycles. The summed E-state index contributed by atoms with van der Waals surface area (Å²) in [6, 6.07) is 10.2. The Morgan fingerprint density at radius 2 is 1.96 bits per heavy atom. The average Bonchev–Trinajstić information content (AvgIpc) is 3.40. The molecule has 5 nitrogen and oxygen atoms in total. The van der Waals surface area contributed by atoms with E-state index in [9.17, 15) is 9.59 Å². The molecule has 2 aliphatic rings. The van der Waals surface area contributed by atoms with Crippen LogP contribution in [0.5, 0.6) is 5.75 Å². The maximum absolute atomic E-state index is 13.2. The lowest BCUT2D eigenvalue weighted by molar-refractivity contribution is -0.141. The normalized spacial score (nSPS) is 18.7. The van der Waals surface area contributed by atoms with Crippen molar-refractivity contribution >= 4 is 23.2 Å². The number of methoxy groups -OCH3 is 1. The molecule has 0 spiro atoms. The van der Waals surface area contributed by atoms with Gasteiger partial charge in [0.1, 0.15) is 12.3 Å². The Hall–Kier alpha value is -2.34. The van der Waals surface area contributed by atoms with E-state index in [2.05, 4.69) is 11.4 Å². The molecule has 0 bridgehead atoms. The molecule has 6 heteroatoms. The Morgan fingerprint density at radius 1 is 1.22 bits per heavy atom. The number of carbonyl (C=O) groups is 2. The van der Waals surface area contributed by atoms with E-state index < -0.39 is 0 Å². The molecule has 4 rings (SSSR count).